The van der Waals surface area contributed by atoms with Crippen molar-refractivity contribution in [2.45, 2.75) is 0 Å². The number of nitrogens with zero attached hydrogens (tertiary/aromatic N) is 4. The Balaban J connectivity index is 1.16. The van der Waals surface area contributed by atoms with Gasteiger partial charge in [-0.05, 0) is 52.2 Å². The van der Waals surface area contributed by atoms with E-state index in [1.165, 1.54) is 0 Å². The second-order valence-corrected chi connectivity index (χ2v) is 12.3. The third kappa shape index (κ3) is 4.81. The average molecular weight is 643 g/mol. The van der Waals surface area contributed by atoms with E-state index in [1.54, 1.807) is 0 Å². The smallest absolute Gasteiger partial charge is 0.227 e. The third-order valence-electron chi connectivity index (χ3n) is 9.16. The van der Waals surface area contributed by atoms with Crippen LogP contribution < -0.4 is 0 Å². The minimum absolute atomic E-state index is 0.557. The molecule has 0 amide bonds. The Bertz CT molecular complexity index is 2860. The monoisotopic (exact) mass is 642 g/mol. The molecule has 0 atom stereocenters. The summed E-state index contributed by atoms with van der Waals surface area (Å²) in [5, 5.41) is 4.09. The van der Waals surface area contributed by atoms with Gasteiger partial charge in [0.2, 0.25) is 5.89 Å². The van der Waals surface area contributed by atoms with Crippen molar-refractivity contribution < 1.29 is 8.83 Å². The molecule has 3 heterocycles. The van der Waals surface area contributed by atoms with Crippen molar-refractivity contribution in [1.82, 2.24) is 19.9 Å². The lowest BCUT2D eigenvalue weighted by Gasteiger charge is -2.10. The Morgan fingerprint density at radius 1 is 0.360 bits per heavy atom. The van der Waals surface area contributed by atoms with E-state index < -0.39 is 0 Å². The summed E-state index contributed by atoms with van der Waals surface area (Å²) in [5.41, 5.74) is 8.72. The molecule has 0 spiro atoms. The third-order valence-corrected chi connectivity index (χ3v) is 9.16. The highest BCUT2D eigenvalue weighted by atomic mass is 16.4. The summed E-state index contributed by atoms with van der Waals surface area (Å²) in [5.74, 6) is 2.31. The van der Waals surface area contributed by atoms with Gasteiger partial charge in [-0.3, -0.25) is 0 Å². The van der Waals surface area contributed by atoms with Gasteiger partial charge in [0.15, 0.2) is 23.1 Å². The first-order chi connectivity index (χ1) is 24.7. The van der Waals surface area contributed by atoms with Crippen molar-refractivity contribution in [1.29, 1.82) is 0 Å². The first kappa shape index (κ1) is 28.1. The van der Waals surface area contributed by atoms with Crippen LogP contribution in [-0.4, -0.2) is 19.9 Å². The van der Waals surface area contributed by atoms with E-state index in [-0.39, 0.29) is 0 Å². The molecule has 10 rings (SSSR count). The number of benzene rings is 7. The summed E-state index contributed by atoms with van der Waals surface area (Å²) < 4.78 is 12.7. The maximum Gasteiger partial charge on any atom is 0.227 e. The molecular weight excluding hydrogens is 617 g/mol. The minimum Gasteiger partial charge on any atom is -0.456 e. The van der Waals surface area contributed by atoms with Gasteiger partial charge in [-0.25, -0.2) is 19.9 Å². The number of furan rings is 1. The van der Waals surface area contributed by atoms with Crippen LogP contribution in [0, 0.1) is 0 Å². The molecule has 0 unspecified atom stereocenters. The molecule has 3 aromatic heterocycles. The van der Waals surface area contributed by atoms with E-state index in [4.69, 9.17) is 28.8 Å². The maximum absolute atomic E-state index is 6.42. The predicted molar refractivity (Wildman–Crippen MR) is 199 cm³/mol. The molecule has 10 aromatic rings. The highest BCUT2D eigenvalue weighted by Crippen LogP contribution is 2.39. The molecule has 0 fully saturated rings. The zero-order valence-electron chi connectivity index (χ0n) is 26.6. The van der Waals surface area contributed by atoms with Crippen LogP contribution in [0.2, 0.25) is 0 Å². The molecule has 6 nitrogen and oxygen atoms in total. The lowest BCUT2D eigenvalue weighted by atomic mass is 10.0. The maximum atomic E-state index is 6.42. The van der Waals surface area contributed by atoms with Crippen LogP contribution in [0.15, 0.2) is 167 Å². The summed E-state index contributed by atoms with van der Waals surface area (Å²) in [6.07, 6.45) is 0. The molecule has 50 heavy (non-hydrogen) atoms. The van der Waals surface area contributed by atoms with Crippen LogP contribution in [0.4, 0.5) is 0 Å². The molecule has 0 saturated heterocycles. The largest absolute Gasteiger partial charge is 0.456 e. The topological polar surface area (TPSA) is 77.8 Å². The highest BCUT2D eigenvalue weighted by molar-refractivity contribution is 6.14. The van der Waals surface area contributed by atoms with Crippen molar-refractivity contribution in [3.63, 3.8) is 0 Å². The van der Waals surface area contributed by atoms with Gasteiger partial charge in [-0.1, -0.05) is 121 Å². The van der Waals surface area contributed by atoms with E-state index in [0.717, 1.165) is 66.0 Å². The molecule has 0 N–H and O–H groups in total. The number of hydrogen-bond donors (Lipinski definition) is 0. The van der Waals surface area contributed by atoms with Gasteiger partial charge in [0.1, 0.15) is 16.7 Å². The summed E-state index contributed by atoms with van der Waals surface area (Å²) in [6, 6.07) is 53.2. The van der Waals surface area contributed by atoms with Crippen LogP contribution in [0.5, 0.6) is 0 Å². The Labute approximate surface area is 286 Å². The van der Waals surface area contributed by atoms with E-state index >= 15 is 0 Å². The molecule has 6 heteroatoms. The zero-order chi connectivity index (χ0) is 33.0. The van der Waals surface area contributed by atoms with Crippen LogP contribution >= 0.6 is 0 Å². The fourth-order valence-corrected chi connectivity index (χ4v) is 6.66. The highest BCUT2D eigenvalue weighted by Gasteiger charge is 2.20. The fraction of sp³-hybridized carbons (Fsp3) is 0. The summed E-state index contributed by atoms with van der Waals surface area (Å²) in [4.78, 5) is 20.0. The normalized spacial score (nSPS) is 11.6. The summed E-state index contributed by atoms with van der Waals surface area (Å²) in [7, 11) is 0. The van der Waals surface area contributed by atoms with Gasteiger partial charge in [0.05, 0.1) is 0 Å². The van der Waals surface area contributed by atoms with Crippen LogP contribution in [0.3, 0.4) is 0 Å². The van der Waals surface area contributed by atoms with Crippen LogP contribution in [0.1, 0.15) is 0 Å². The number of hydrogen-bond acceptors (Lipinski definition) is 6. The number of oxazole rings is 1. The predicted octanol–water partition coefficient (Wildman–Crippen LogP) is 11.4. The SMILES string of the molecule is c1ccc(-c2ccc(-c3nc(-c4ccc5ccccc5c4)nc(-c4cccc5oc6cc7nc(-c8ccccc8)oc7cc6c45)n3)cc2)cc1. The van der Waals surface area contributed by atoms with Gasteiger partial charge in [0, 0.05) is 39.1 Å². The van der Waals surface area contributed by atoms with Crippen LogP contribution in [-0.2, 0) is 0 Å². The van der Waals surface area contributed by atoms with Crippen LogP contribution in [0.25, 0.3) is 101 Å². The average Bonchev–Trinajstić information content (AvgIpc) is 3.78. The van der Waals surface area contributed by atoms with Crippen molar-refractivity contribution in [2.75, 3.05) is 0 Å². The quantitative estimate of drug-likeness (QED) is 0.186. The Morgan fingerprint density at radius 2 is 1.00 bits per heavy atom. The number of aromatic nitrogens is 4. The fourth-order valence-electron chi connectivity index (χ4n) is 6.66. The molecule has 0 aliphatic heterocycles. The van der Waals surface area contributed by atoms with E-state index in [9.17, 15) is 0 Å². The number of rotatable bonds is 5. The van der Waals surface area contributed by atoms with Gasteiger partial charge >= 0.3 is 0 Å². The van der Waals surface area contributed by atoms with Crippen molar-refractivity contribution in [2.24, 2.45) is 0 Å². The summed E-state index contributed by atoms with van der Waals surface area (Å²) >= 11 is 0. The molecule has 0 saturated carbocycles. The first-order valence-corrected chi connectivity index (χ1v) is 16.5. The molecule has 7 aromatic carbocycles. The lowest BCUT2D eigenvalue weighted by Crippen LogP contribution is -2.00. The van der Waals surface area contributed by atoms with Gasteiger partial charge < -0.3 is 8.83 Å². The molecule has 234 valence electrons. The standard InChI is InChI=1S/C44H26N4O2/c1-3-10-27(11-4-1)29-18-21-30(22-19-29)41-46-42(33-23-20-28-12-7-8-15-32(28)24-33)48-43(47-41)34-16-9-17-37-40(34)35-25-39-36(26-38(35)49-37)45-44(50-39)31-13-5-2-6-14-31/h1-26H. The molecule has 0 aliphatic carbocycles. The van der Waals surface area contributed by atoms with Crippen molar-refractivity contribution in [3.8, 4) is 56.7 Å². The lowest BCUT2D eigenvalue weighted by molar-refractivity contribution is 0.620. The van der Waals surface area contributed by atoms with Gasteiger partial charge in [-0.2, -0.15) is 0 Å². The Kier molecular flexibility index (Phi) is 6.39. The summed E-state index contributed by atoms with van der Waals surface area (Å²) in [6.45, 7) is 0. The minimum atomic E-state index is 0.557. The van der Waals surface area contributed by atoms with Crippen molar-refractivity contribution >= 4 is 43.8 Å². The van der Waals surface area contributed by atoms with E-state index in [0.29, 0.717) is 34.5 Å². The van der Waals surface area contributed by atoms with Gasteiger partial charge in [0.25, 0.3) is 0 Å². The van der Waals surface area contributed by atoms with E-state index in [1.807, 2.05) is 91.0 Å². The Hall–Kier alpha value is -6.92. The first-order valence-electron chi connectivity index (χ1n) is 16.5. The zero-order valence-corrected chi connectivity index (χ0v) is 26.6. The van der Waals surface area contributed by atoms with Crippen molar-refractivity contribution in [3.05, 3.63) is 158 Å². The molecular formula is C44H26N4O2. The molecule has 0 bridgehead atoms. The molecule has 0 aliphatic rings. The second-order valence-electron chi connectivity index (χ2n) is 12.3. The van der Waals surface area contributed by atoms with E-state index in [2.05, 4.69) is 66.7 Å². The Morgan fingerprint density at radius 3 is 1.80 bits per heavy atom. The van der Waals surface area contributed by atoms with Gasteiger partial charge in [-0.15, -0.1) is 0 Å². The molecule has 0 radical (unpaired) electrons. The number of fused-ring (bicyclic) bond motifs is 5. The second kappa shape index (κ2) is 11.4.